The lowest BCUT2D eigenvalue weighted by molar-refractivity contribution is -0.134. The van der Waals surface area contributed by atoms with Crippen molar-refractivity contribution < 1.29 is 14.3 Å². The van der Waals surface area contributed by atoms with Crippen LogP contribution in [0.4, 0.5) is 0 Å². The fourth-order valence-corrected chi connectivity index (χ4v) is 3.12. The van der Waals surface area contributed by atoms with E-state index in [1.54, 1.807) is 0 Å². The number of nitrogens with one attached hydrogen (secondary N) is 1. The van der Waals surface area contributed by atoms with Crippen molar-refractivity contribution >= 4 is 5.91 Å². The number of rotatable bonds is 6. The number of para-hydroxylation sites is 1. The number of carbonyl (C=O) groups is 1. The van der Waals surface area contributed by atoms with Gasteiger partial charge in [-0.15, -0.1) is 0 Å². The smallest absolute Gasteiger partial charge is 0.224 e. The number of hydrogen-bond acceptors (Lipinski definition) is 5. The minimum atomic E-state index is 0.170. The summed E-state index contributed by atoms with van der Waals surface area (Å²) in [6.45, 7) is 7.24. The molecule has 1 unspecified atom stereocenters. The number of ether oxygens (including phenoxy) is 2. The fraction of sp³-hybridized carbons (Fsp3) is 0.611. The highest BCUT2D eigenvalue weighted by Gasteiger charge is 2.24. The number of piperazine rings is 1. The van der Waals surface area contributed by atoms with Crippen molar-refractivity contribution in [3.63, 3.8) is 0 Å². The molecule has 132 valence electrons. The quantitative estimate of drug-likeness (QED) is 0.826. The van der Waals surface area contributed by atoms with Gasteiger partial charge in [-0.2, -0.15) is 0 Å². The van der Waals surface area contributed by atoms with Gasteiger partial charge in [0, 0.05) is 51.7 Å². The third kappa shape index (κ3) is 5.19. The highest BCUT2D eigenvalue weighted by molar-refractivity contribution is 5.77. The van der Waals surface area contributed by atoms with Crippen molar-refractivity contribution in [1.82, 2.24) is 15.1 Å². The zero-order chi connectivity index (χ0) is 16.6. The normalized spacial score (nSPS) is 22.3. The molecule has 1 aromatic carbocycles. The maximum Gasteiger partial charge on any atom is 0.224 e. The summed E-state index contributed by atoms with van der Waals surface area (Å²) >= 11 is 0. The summed E-state index contributed by atoms with van der Waals surface area (Å²) in [5, 5.41) is 3.34. The molecule has 1 aromatic rings. The molecular formula is C18H27N3O3. The first kappa shape index (κ1) is 17.2. The van der Waals surface area contributed by atoms with Crippen LogP contribution in [0.3, 0.4) is 0 Å². The van der Waals surface area contributed by atoms with Crippen LogP contribution >= 0.6 is 0 Å². The molecule has 6 nitrogen and oxygen atoms in total. The van der Waals surface area contributed by atoms with E-state index >= 15 is 0 Å². The van der Waals surface area contributed by atoms with Crippen LogP contribution in [0.1, 0.15) is 6.42 Å². The number of nitrogens with zero attached hydrogens (tertiary/aromatic N) is 2. The largest absolute Gasteiger partial charge is 0.492 e. The number of amides is 1. The number of carbonyl (C=O) groups excluding carboxylic acids is 1. The van der Waals surface area contributed by atoms with Gasteiger partial charge in [0.2, 0.25) is 5.91 Å². The number of hydrogen-bond donors (Lipinski definition) is 1. The lowest BCUT2D eigenvalue weighted by Crippen LogP contribution is -2.51. The third-order valence-electron chi connectivity index (χ3n) is 4.56. The minimum Gasteiger partial charge on any atom is -0.492 e. The lowest BCUT2D eigenvalue weighted by atomic mass is 10.1. The van der Waals surface area contributed by atoms with Gasteiger partial charge in [0.25, 0.3) is 0 Å². The predicted molar refractivity (Wildman–Crippen MR) is 92.2 cm³/mol. The van der Waals surface area contributed by atoms with E-state index in [0.717, 1.165) is 51.6 Å². The standard InChI is InChI=1S/C18H27N3O3/c22-18(14-16-15-23-12-6-19-16)21-9-7-20(8-10-21)11-13-24-17-4-2-1-3-5-17/h1-5,16,19H,6-15H2. The zero-order valence-electron chi connectivity index (χ0n) is 14.2. The van der Waals surface area contributed by atoms with E-state index < -0.39 is 0 Å². The summed E-state index contributed by atoms with van der Waals surface area (Å²) in [5.41, 5.74) is 0. The lowest BCUT2D eigenvalue weighted by Gasteiger charge is -2.35. The van der Waals surface area contributed by atoms with Crippen LogP contribution in [-0.2, 0) is 9.53 Å². The Bertz CT molecular complexity index is 497. The first-order valence-corrected chi connectivity index (χ1v) is 8.80. The van der Waals surface area contributed by atoms with Gasteiger partial charge in [0.15, 0.2) is 0 Å². The van der Waals surface area contributed by atoms with Gasteiger partial charge in [0.1, 0.15) is 12.4 Å². The molecule has 1 N–H and O–H groups in total. The second kappa shape index (κ2) is 9.01. The molecule has 0 bridgehead atoms. The number of morpholine rings is 1. The SMILES string of the molecule is O=C(CC1COCCN1)N1CCN(CCOc2ccccc2)CC1. The van der Waals surface area contributed by atoms with Crippen LogP contribution in [-0.4, -0.2) is 80.8 Å². The van der Waals surface area contributed by atoms with E-state index in [4.69, 9.17) is 9.47 Å². The second-order valence-corrected chi connectivity index (χ2v) is 6.31. The summed E-state index contributed by atoms with van der Waals surface area (Å²) < 4.78 is 11.2. The van der Waals surface area contributed by atoms with Crippen molar-refractivity contribution in [2.45, 2.75) is 12.5 Å². The Hall–Kier alpha value is -1.63. The van der Waals surface area contributed by atoms with Crippen LogP contribution in [0.15, 0.2) is 30.3 Å². The van der Waals surface area contributed by atoms with Gasteiger partial charge in [-0.1, -0.05) is 18.2 Å². The van der Waals surface area contributed by atoms with Gasteiger partial charge >= 0.3 is 0 Å². The summed E-state index contributed by atoms with van der Waals surface area (Å²) in [5.74, 6) is 1.15. The Morgan fingerprint density at radius 3 is 2.71 bits per heavy atom. The monoisotopic (exact) mass is 333 g/mol. The van der Waals surface area contributed by atoms with Crippen molar-refractivity contribution in [1.29, 1.82) is 0 Å². The van der Waals surface area contributed by atoms with Crippen LogP contribution in [0.2, 0.25) is 0 Å². The fourth-order valence-electron chi connectivity index (χ4n) is 3.12. The van der Waals surface area contributed by atoms with Crippen LogP contribution in [0.25, 0.3) is 0 Å². The molecule has 2 aliphatic rings. The molecule has 0 spiro atoms. The second-order valence-electron chi connectivity index (χ2n) is 6.31. The Morgan fingerprint density at radius 2 is 2.00 bits per heavy atom. The van der Waals surface area contributed by atoms with E-state index in [-0.39, 0.29) is 11.9 Å². The van der Waals surface area contributed by atoms with Crippen molar-refractivity contribution in [2.75, 3.05) is 59.1 Å². The van der Waals surface area contributed by atoms with E-state index in [1.807, 2.05) is 35.2 Å². The Balaban J connectivity index is 1.32. The molecular weight excluding hydrogens is 306 g/mol. The molecule has 0 saturated carbocycles. The summed E-state index contributed by atoms with van der Waals surface area (Å²) in [7, 11) is 0. The van der Waals surface area contributed by atoms with Gasteiger partial charge in [0.05, 0.1) is 13.2 Å². The molecule has 2 aliphatic heterocycles. The molecule has 1 atom stereocenters. The van der Waals surface area contributed by atoms with E-state index in [9.17, 15) is 4.79 Å². The molecule has 0 radical (unpaired) electrons. The summed E-state index contributed by atoms with van der Waals surface area (Å²) in [6, 6.07) is 10.1. The van der Waals surface area contributed by atoms with Crippen molar-refractivity contribution in [3.8, 4) is 5.75 Å². The van der Waals surface area contributed by atoms with E-state index in [1.165, 1.54) is 0 Å². The Morgan fingerprint density at radius 1 is 1.21 bits per heavy atom. The van der Waals surface area contributed by atoms with Crippen LogP contribution < -0.4 is 10.1 Å². The topological polar surface area (TPSA) is 54.0 Å². The van der Waals surface area contributed by atoms with Crippen LogP contribution in [0, 0.1) is 0 Å². The first-order valence-electron chi connectivity index (χ1n) is 8.80. The maximum absolute atomic E-state index is 12.4. The highest BCUT2D eigenvalue weighted by atomic mass is 16.5. The predicted octanol–water partition coefficient (Wildman–Crippen LogP) is 0.588. The molecule has 2 fully saturated rings. The van der Waals surface area contributed by atoms with Gasteiger partial charge in [-0.05, 0) is 12.1 Å². The number of benzene rings is 1. The molecule has 3 rings (SSSR count). The summed E-state index contributed by atoms with van der Waals surface area (Å²) in [6.07, 6.45) is 0.539. The van der Waals surface area contributed by atoms with Gasteiger partial charge in [-0.3, -0.25) is 9.69 Å². The summed E-state index contributed by atoms with van der Waals surface area (Å²) in [4.78, 5) is 16.7. The average Bonchev–Trinajstić information content (AvgIpc) is 2.64. The zero-order valence-corrected chi connectivity index (χ0v) is 14.2. The molecule has 0 aromatic heterocycles. The van der Waals surface area contributed by atoms with E-state index in [2.05, 4.69) is 10.2 Å². The Kier molecular flexibility index (Phi) is 6.46. The molecule has 2 heterocycles. The highest BCUT2D eigenvalue weighted by Crippen LogP contribution is 2.10. The molecule has 6 heteroatoms. The maximum atomic E-state index is 12.4. The minimum absolute atomic E-state index is 0.170. The average molecular weight is 333 g/mol. The Labute approximate surface area is 143 Å². The van der Waals surface area contributed by atoms with Gasteiger partial charge in [-0.25, -0.2) is 0 Å². The molecule has 0 aliphatic carbocycles. The molecule has 24 heavy (non-hydrogen) atoms. The van der Waals surface area contributed by atoms with Crippen LogP contribution in [0.5, 0.6) is 5.75 Å². The van der Waals surface area contributed by atoms with E-state index in [0.29, 0.717) is 19.6 Å². The molecule has 2 saturated heterocycles. The van der Waals surface area contributed by atoms with Gasteiger partial charge < -0.3 is 19.7 Å². The first-order chi connectivity index (χ1) is 11.8. The van der Waals surface area contributed by atoms with Crippen molar-refractivity contribution in [2.24, 2.45) is 0 Å². The third-order valence-corrected chi connectivity index (χ3v) is 4.56. The molecule has 1 amide bonds. The van der Waals surface area contributed by atoms with Crippen molar-refractivity contribution in [3.05, 3.63) is 30.3 Å².